The van der Waals surface area contributed by atoms with Crippen LogP contribution in [0.2, 0.25) is 0 Å². The Balaban J connectivity index is 1.29. The van der Waals surface area contributed by atoms with Gasteiger partial charge in [0, 0.05) is 5.69 Å². The zero-order valence-electron chi connectivity index (χ0n) is 17.6. The molecule has 4 rings (SSSR count). The lowest BCUT2D eigenvalue weighted by Gasteiger charge is -2.29. The van der Waals surface area contributed by atoms with Gasteiger partial charge in [-0.15, -0.1) is 0 Å². The van der Waals surface area contributed by atoms with E-state index in [1.807, 2.05) is 12.1 Å². The van der Waals surface area contributed by atoms with Crippen LogP contribution in [0, 0.1) is 5.92 Å². The molecular weight excluding hydrogens is 350 g/mol. The van der Waals surface area contributed by atoms with Crippen LogP contribution in [0.25, 0.3) is 0 Å². The summed E-state index contributed by atoms with van der Waals surface area (Å²) in [5.41, 5.74) is 13.8. The highest BCUT2D eigenvalue weighted by Gasteiger charge is 2.22. The van der Waals surface area contributed by atoms with Crippen LogP contribution < -0.4 is 5.73 Å². The van der Waals surface area contributed by atoms with E-state index in [-0.39, 0.29) is 0 Å². The molecule has 1 fully saturated rings. The van der Waals surface area contributed by atoms with E-state index in [4.69, 9.17) is 5.73 Å². The molecule has 3 aromatic carbocycles. The molecule has 0 atom stereocenters. The van der Waals surface area contributed by atoms with E-state index in [0.29, 0.717) is 0 Å². The highest BCUT2D eigenvalue weighted by molar-refractivity contribution is 5.41. The fourth-order valence-electron chi connectivity index (χ4n) is 4.72. The van der Waals surface area contributed by atoms with E-state index < -0.39 is 0 Å². The minimum Gasteiger partial charge on any atom is -0.399 e. The molecule has 0 bridgehead atoms. The monoisotopic (exact) mass is 383 g/mol. The van der Waals surface area contributed by atoms with Gasteiger partial charge in [-0.05, 0) is 96.7 Å². The van der Waals surface area contributed by atoms with Crippen LogP contribution in [0.15, 0.2) is 72.8 Å². The summed E-state index contributed by atoms with van der Waals surface area (Å²) in [5.74, 6) is 1.59. The summed E-state index contributed by atoms with van der Waals surface area (Å²) in [6.45, 7) is 2.22. The molecule has 1 aliphatic rings. The van der Waals surface area contributed by atoms with Crippen molar-refractivity contribution in [3.63, 3.8) is 0 Å². The standard InChI is InChI=1S/C28H33N/c1-2-21-3-5-22(6-4-21)19-23-7-13-26(14-8-23)27-15-9-24(10-16-27)20-25-11-17-28(29)18-12-25/h3-6,9-12,15-18,23,26H,2,7-8,13-14,19-20,29H2,1H3. The highest BCUT2D eigenvalue weighted by Crippen LogP contribution is 2.37. The zero-order valence-corrected chi connectivity index (χ0v) is 17.6. The first-order valence-corrected chi connectivity index (χ1v) is 11.2. The van der Waals surface area contributed by atoms with Crippen LogP contribution in [0.4, 0.5) is 5.69 Å². The summed E-state index contributed by atoms with van der Waals surface area (Å²) in [6.07, 6.45) is 8.72. The molecule has 0 unspecified atom stereocenters. The summed E-state index contributed by atoms with van der Waals surface area (Å²) in [4.78, 5) is 0. The largest absolute Gasteiger partial charge is 0.399 e. The molecule has 0 spiro atoms. The number of aryl methyl sites for hydroxylation is 1. The number of rotatable bonds is 6. The second-order valence-electron chi connectivity index (χ2n) is 8.75. The number of anilines is 1. The fourth-order valence-corrected chi connectivity index (χ4v) is 4.72. The predicted octanol–water partition coefficient (Wildman–Crippen LogP) is 6.94. The summed E-state index contributed by atoms with van der Waals surface area (Å²) in [6, 6.07) is 26.8. The molecule has 1 nitrogen and oxygen atoms in total. The normalized spacial score (nSPS) is 19.2. The first kappa shape index (κ1) is 19.8. The second-order valence-corrected chi connectivity index (χ2v) is 8.75. The Labute approximate surface area is 176 Å². The number of hydrogen-bond donors (Lipinski definition) is 1. The van der Waals surface area contributed by atoms with Crippen molar-refractivity contribution in [1.29, 1.82) is 0 Å². The first-order valence-electron chi connectivity index (χ1n) is 11.2. The van der Waals surface area contributed by atoms with E-state index in [0.717, 1.165) is 30.4 Å². The Morgan fingerprint density at radius 1 is 0.655 bits per heavy atom. The molecule has 0 aromatic heterocycles. The van der Waals surface area contributed by atoms with Gasteiger partial charge in [-0.2, -0.15) is 0 Å². The third-order valence-corrected chi connectivity index (χ3v) is 6.64. The lowest BCUT2D eigenvalue weighted by molar-refractivity contribution is 0.324. The van der Waals surface area contributed by atoms with Crippen LogP contribution in [-0.2, 0) is 19.3 Å². The number of hydrogen-bond acceptors (Lipinski definition) is 1. The minimum atomic E-state index is 0.735. The van der Waals surface area contributed by atoms with Gasteiger partial charge in [0.1, 0.15) is 0 Å². The molecule has 0 amide bonds. The fraction of sp³-hybridized carbons (Fsp3) is 0.357. The van der Waals surface area contributed by atoms with Crippen molar-refractivity contribution in [2.75, 3.05) is 5.73 Å². The van der Waals surface area contributed by atoms with Gasteiger partial charge < -0.3 is 5.73 Å². The molecule has 2 N–H and O–H groups in total. The van der Waals surface area contributed by atoms with Gasteiger partial charge in [0.15, 0.2) is 0 Å². The van der Waals surface area contributed by atoms with Gasteiger partial charge in [0.25, 0.3) is 0 Å². The maximum absolute atomic E-state index is 5.79. The van der Waals surface area contributed by atoms with Crippen molar-refractivity contribution >= 4 is 5.69 Å². The van der Waals surface area contributed by atoms with Gasteiger partial charge in [-0.25, -0.2) is 0 Å². The van der Waals surface area contributed by atoms with Crippen molar-refractivity contribution in [2.45, 2.75) is 57.8 Å². The minimum absolute atomic E-state index is 0.735. The molecular formula is C28H33N. The summed E-state index contributed by atoms with van der Waals surface area (Å²) < 4.78 is 0. The molecule has 1 heteroatoms. The summed E-state index contributed by atoms with van der Waals surface area (Å²) >= 11 is 0. The van der Waals surface area contributed by atoms with Crippen molar-refractivity contribution in [1.82, 2.24) is 0 Å². The van der Waals surface area contributed by atoms with Crippen molar-refractivity contribution in [3.8, 4) is 0 Å². The van der Waals surface area contributed by atoms with Gasteiger partial charge in [-0.3, -0.25) is 0 Å². The van der Waals surface area contributed by atoms with Crippen molar-refractivity contribution < 1.29 is 0 Å². The predicted molar refractivity (Wildman–Crippen MR) is 124 cm³/mol. The maximum atomic E-state index is 5.79. The first-order chi connectivity index (χ1) is 14.2. The smallest absolute Gasteiger partial charge is 0.0314 e. The van der Waals surface area contributed by atoms with E-state index in [9.17, 15) is 0 Å². The average molecular weight is 384 g/mol. The SMILES string of the molecule is CCc1ccc(CC2CCC(c3ccc(Cc4ccc(N)cc4)cc3)CC2)cc1. The number of nitrogens with two attached hydrogens (primary N) is 1. The highest BCUT2D eigenvalue weighted by atomic mass is 14.5. The molecule has 150 valence electrons. The third-order valence-electron chi connectivity index (χ3n) is 6.64. The molecule has 29 heavy (non-hydrogen) atoms. The Morgan fingerprint density at radius 2 is 1.17 bits per heavy atom. The molecule has 0 aliphatic heterocycles. The molecule has 0 saturated heterocycles. The number of benzene rings is 3. The molecule has 0 radical (unpaired) electrons. The quantitative estimate of drug-likeness (QED) is 0.458. The maximum Gasteiger partial charge on any atom is 0.0314 e. The molecule has 1 saturated carbocycles. The Bertz CT molecular complexity index is 883. The Kier molecular flexibility index (Phi) is 6.34. The van der Waals surface area contributed by atoms with E-state index in [2.05, 4.69) is 67.6 Å². The van der Waals surface area contributed by atoms with Gasteiger partial charge in [0.05, 0.1) is 0 Å². The third kappa shape index (κ3) is 5.29. The average Bonchev–Trinajstić information content (AvgIpc) is 2.77. The summed E-state index contributed by atoms with van der Waals surface area (Å²) in [5, 5.41) is 0. The summed E-state index contributed by atoms with van der Waals surface area (Å²) in [7, 11) is 0. The van der Waals surface area contributed by atoms with E-state index in [1.165, 1.54) is 59.9 Å². The Morgan fingerprint density at radius 3 is 1.76 bits per heavy atom. The topological polar surface area (TPSA) is 26.0 Å². The van der Waals surface area contributed by atoms with E-state index in [1.54, 1.807) is 0 Å². The lowest BCUT2D eigenvalue weighted by atomic mass is 9.76. The van der Waals surface area contributed by atoms with Gasteiger partial charge in [-0.1, -0.05) is 67.6 Å². The van der Waals surface area contributed by atoms with Crippen LogP contribution >= 0.6 is 0 Å². The Hall–Kier alpha value is -2.54. The van der Waals surface area contributed by atoms with Gasteiger partial charge >= 0.3 is 0 Å². The van der Waals surface area contributed by atoms with Crippen LogP contribution in [-0.4, -0.2) is 0 Å². The van der Waals surface area contributed by atoms with Crippen LogP contribution in [0.1, 0.15) is 66.3 Å². The number of nitrogen functional groups attached to an aromatic ring is 1. The van der Waals surface area contributed by atoms with Crippen LogP contribution in [0.5, 0.6) is 0 Å². The second kappa shape index (κ2) is 9.31. The van der Waals surface area contributed by atoms with E-state index >= 15 is 0 Å². The van der Waals surface area contributed by atoms with Gasteiger partial charge in [0.2, 0.25) is 0 Å². The lowest BCUT2D eigenvalue weighted by Crippen LogP contribution is -2.15. The molecule has 3 aromatic rings. The molecule has 0 heterocycles. The molecule has 1 aliphatic carbocycles. The van der Waals surface area contributed by atoms with Crippen molar-refractivity contribution in [2.24, 2.45) is 5.92 Å². The zero-order chi connectivity index (χ0) is 20.1. The van der Waals surface area contributed by atoms with Crippen molar-refractivity contribution in [3.05, 3.63) is 101 Å². The van der Waals surface area contributed by atoms with Crippen LogP contribution in [0.3, 0.4) is 0 Å².